The first-order valence-corrected chi connectivity index (χ1v) is 4.64. The number of nitrogens with zero attached hydrogens (tertiary/aromatic N) is 1. The Morgan fingerprint density at radius 1 is 1.54 bits per heavy atom. The molecule has 0 aromatic rings. The average Bonchev–Trinajstić information content (AvgIpc) is 2.17. The molecule has 2 heterocycles. The van der Waals surface area contributed by atoms with Crippen molar-refractivity contribution in [3.05, 3.63) is 0 Å². The quantitative estimate of drug-likeness (QED) is 0.331. The van der Waals surface area contributed by atoms with Gasteiger partial charge in [-0.25, -0.2) is 0 Å². The maximum Gasteiger partial charge on any atom is 0.320 e. The van der Waals surface area contributed by atoms with Gasteiger partial charge < -0.3 is 9.64 Å². The smallest absolute Gasteiger partial charge is 0.320 e. The minimum atomic E-state index is -0.495. The van der Waals surface area contributed by atoms with Gasteiger partial charge in [0.05, 0.1) is 13.2 Å². The number of ether oxygens (including phenoxy) is 1. The van der Waals surface area contributed by atoms with Crippen LogP contribution in [0.3, 0.4) is 0 Å². The van der Waals surface area contributed by atoms with E-state index in [1.54, 1.807) is 4.90 Å². The van der Waals surface area contributed by atoms with E-state index in [4.69, 9.17) is 0 Å². The zero-order valence-electron chi connectivity index (χ0n) is 7.66. The molecule has 0 radical (unpaired) electrons. The van der Waals surface area contributed by atoms with E-state index in [0.717, 1.165) is 25.8 Å². The molecule has 0 bridgehead atoms. The number of amides is 1. The van der Waals surface area contributed by atoms with Gasteiger partial charge >= 0.3 is 5.97 Å². The first-order chi connectivity index (χ1) is 6.25. The van der Waals surface area contributed by atoms with Gasteiger partial charge in [0.15, 0.2) is 5.92 Å². The van der Waals surface area contributed by atoms with Crippen molar-refractivity contribution in [2.24, 2.45) is 5.92 Å². The Hall–Kier alpha value is -1.06. The van der Waals surface area contributed by atoms with Crippen LogP contribution in [0.15, 0.2) is 0 Å². The summed E-state index contributed by atoms with van der Waals surface area (Å²) in [5.41, 5.74) is 0. The monoisotopic (exact) mass is 183 g/mol. The SMILES string of the molecule is COC(=O)C1C(=O)N2CCCCC12. The van der Waals surface area contributed by atoms with E-state index < -0.39 is 5.92 Å². The van der Waals surface area contributed by atoms with Crippen LogP contribution in [-0.4, -0.2) is 36.5 Å². The third kappa shape index (κ3) is 1.12. The molecule has 2 rings (SSSR count). The average molecular weight is 183 g/mol. The minimum Gasteiger partial charge on any atom is -0.468 e. The Kier molecular flexibility index (Phi) is 1.98. The molecule has 2 saturated heterocycles. The van der Waals surface area contributed by atoms with Gasteiger partial charge in [-0.1, -0.05) is 0 Å². The van der Waals surface area contributed by atoms with Crippen molar-refractivity contribution in [2.75, 3.05) is 13.7 Å². The van der Waals surface area contributed by atoms with Crippen LogP contribution in [0.4, 0.5) is 0 Å². The maximum atomic E-state index is 11.4. The van der Waals surface area contributed by atoms with Gasteiger partial charge in [0, 0.05) is 6.54 Å². The molecule has 1 amide bonds. The lowest BCUT2D eigenvalue weighted by atomic mass is 9.81. The highest BCUT2D eigenvalue weighted by Crippen LogP contribution is 2.34. The van der Waals surface area contributed by atoms with Crippen LogP contribution in [0.25, 0.3) is 0 Å². The van der Waals surface area contributed by atoms with Crippen molar-refractivity contribution in [3.63, 3.8) is 0 Å². The van der Waals surface area contributed by atoms with Crippen LogP contribution in [-0.2, 0) is 14.3 Å². The van der Waals surface area contributed by atoms with Crippen molar-refractivity contribution >= 4 is 11.9 Å². The summed E-state index contributed by atoms with van der Waals surface area (Å²) in [6.45, 7) is 0.816. The lowest BCUT2D eigenvalue weighted by Gasteiger charge is -2.48. The molecule has 2 aliphatic heterocycles. The molecule has 0 N–H and O–H groups in total. The highest BCUT2D eigenvalue weighted by molar-refractivity contribution is 6.03. The zero-order valence-corrected chi connectivity index (χ0v) is 7.66. The van der Waals surface area contributed by atoms with E-state index >= 15 is 0 Å². The van der Waals surface area contributed by atoms with E-state index in [1.165, 1.54) is 7.11 Å². The molecule has 0 saturated carbocycles. The number of hydrogen-bond acceptors (Lipinski definition) is 3. The van der Waals surface area contributed by atoms with Crippen molar-refractivity contribution in [1.29, 1.82) is 0 Å². The number of rotatable bonds is 1. The van der Waals surface area contributed by atoms with Crippen LogP contribution >= 0.6 is 0 Å². The Morgan fingerprint density at radius 2 is 2.31 bits per heavy atom. The highest BCUT2D eigenvalue weighted by atomic mass is 16.5. The predicted molar refractivity (Wildman–Crippen MR) is 44.9 cm³/mol. The molecule has 4 nitrogen and oxygen atoms in total. The predicted octanol–water partition coefficient (Wildman–Crippen LogP) is 0.170. The second-order valence-electron chi connectivity index (χ2n) is 3.60. The number of β-lactam (4-membered cyclic amide) rings is 1. The van der Waals surface area contributed by atoms with Crippen LogP contribution in [0.2, 0.25) is 0 Å². The lowest BCUT2D eigenvalue weighted by molar-refractivity contribution is -0.173. The van der Waals surface area contributed by atoms with Crippen molar-refractivity contribution < 1.29 is 14.3 Å². The normalized spacial score (nSPS) is 32.1. The highest BCUT2D eigenvalue weighted by Gasteiger charge is 2.52. The first-order valence-electron chi connectivity index (χ1n) is 4.64. The van der Waals surface area contributed by atoms with Crippen LogP contribution in [0.1, 0.15) is 19.3 Å². The Labute approximate surface area is 76.8 Å². The molecular weight excluding hydrogens is 170 g/mol. The van der Waals surface area contributed by atoms with Crippen molar-refractivity contribution in [1.82, 2.24) is 4.90 Å². The summed E-state index contributed by atoms with van der Waals surface area (Å²) in [7, 11) is 1.33. The molecule has 13 heavy (non-hydrogen) atoms. The maximum absolute atomic E-state index is 11.4. The second kappa shape index (κ2) is 3.01. The summed E-state index contributed by atoms with van der Waals surface area (Å²) in [4.78, 5) is 24.4. The van der Waals surface area contributed by atoms with Crippen LogP contribution in [0.5, 0.6) is 0 Å². The molecule has 0 aliphatic carbocycles. The molecule has 0 aromatic heterocycles. The van der Waals surface area contributed by atoms with E-state index in [9.17, 15) is 9.59 Å². The minimum absolute atomic E-state index is 0.0449. The van der Waals surface area contributed by atoms with E-state index in [2.05, 4.69) is 4.74 Å². The molecule has 2 atom stereocenters. The van der Waals surface area contributed by atoms with Gasteiger partial charge in [0.2, 0.25) is 5.91 Å². The second-order valence-corrected chi connectivity index (χ2v) is 3.60. The van der Waals surface area contributed by atoms with Crippen LogP contribution in [0, 0.1) is 5.92 Å². The van der Waals surface area contributed by atoms with Gasteiger partial charge in [0.25, 0.3) is 0 Å². The summed E-state index contributed by atoms with van der Waals surface area (Å²) in [6, 6.07) is 0.133. The number of esters is 1. The fourth-order valence-corrected chi connectivity index (χ4v) is 2.22. The molecule has 72 valence electrons. The number of carbonyl (C=O) groups is 2. The molecule has 2 fully saturated rings. The number of piperidine rings is 1. The number of methoxy groups -OCH3 is 1. The van der Waals surface area contributed by atoms with Crippen molar-refractivity contribution in [2.45, 2.75) is 25.3 Å². The summed E-state index contributed by atoms with van der Waals surface area (Å²) in [5, 5.41) is 0. The molecular formula is C9H13NO3. The Morgan fingerprint density at radius 3 is 3.00 bits per heavy atom. The van der Waals surface area contributed by atoms with Crippen molar-refractivity contribution in [3.8, 4) is 0 Å². The summed E-state index contributed by atoms with van der Waals surface area (Å²) >= 11 is 0. The van der Waals surface area contributed by atoms with E-state index in [1.807, 2.05) is 0 Å². The van der Waals surface area contributed by atoms with Gasteiger partial charge in [-0.2, -0.15) is 0 Å². The fourth-order valence-electron chi connectivity index (χ4n) is 2.22. The Bertz CT molecular complexity index is 251. The topological polar surface area (TPSA) is 46.6 Å². The third-order valence-electron chi connectivity index (χ3n) is 2.94. The Balaban J connectivity index is 2.06. The summed E-state index contributed by atoms with van der Waals surface area (Å²) in [5.74, 6) is -0.907. The first kappa shape index (κ1) is 8.53. The molecule has 4 heteroatoms. The molecule has 0 spiro atoms. The van der Waals surface area contributed by atoms with Gasteiger partial charge in [-0.05, 0) is 19.3 Å². The van der Waals surface area contributed by atoms with Gasteiger partial charge in [0.1, 0.15) is 0 Å². The number of hydrogen-bond donors (Lipinski definition) is 0. The summed E-state index contributed by atoms with van der Waals surface area (Å²) in [6.07, 6.45) is 3.13. The fraction of sp³-hybridized carbons (Fsp3) is 0.778. The van der Waals surface area contributed by atoms with Crippen LogP contribution < -0.4 is 0 Å². The molecule has 2 aliphatic rings. The summed E-state index contributed by atoms with van der Waals surface area (Å²) < 4.78 is 4.59. The lowest BCUT2D eigenvalue weighted by Crippen LogP contribution is -2.65. The third-order valence-corrected chi connectivity index (χ3v) is 2.94. The van der Waals surface area contributed by atoms with E-state index in [0.29, 0.717) is 0 Å². The van der Waals surface area contributed by atoms with E-state index in [-0.39, 0.29) is 17.9 Å². The number of fused-ring (bicyclic) bond motifs is 1. The molecule has 0 aromatic carbocycles. The standard InChI is InChI=1S/C9H13NO3/c1-13-9(12)7-6-4-2-3-5-10(6)8(7)11/h6-7H,2-5H2,1H3. The van der Waals surface area contributed by atoms with Gasteiger partial charge in [-0.15, -0.1) is 0 Å². The number of carbonyl (C=O) groups excluding carboxylic acids is 2. The zero-order chi connectivity index (χ0) is 9.42. The van der Waals surface area contributed by atoms with Gasteiger partial charge in [-0.3, -0.25) is 9.59 Å². The largest absolute Gasteiger partial charge is 0.468 e. The molecule has 2 unspecified atom stereocenters.